The predicted molar refractivity (Wildman–Crippen MR) is 107 cm³/mol. The van der Waals surface area contributed by atoms with Crippen molar-refractivity contribution >= 4 is 23.5 Å². The number of piperazine rings is 1. The maximum absolute atomic E-state index is 13.7. The Morgan fingerprint density at radius 3 is 2.52 bits per heavy atom. The summed E-state index contributed by atoms with van der Waals surface area (Å²) in [5, 5.41) is 5.44. The van der Waals surface area contributed by atoms with Gasteiger partial charge in [-0.05, 0) is 56.5 Å². The maximum atomic E-state index is 13.7. The molecule has 11 heteroatoms. The first kappa shape index (κ1) is 23.6. The monoisotopic (exact) mass is 464 g/mol. The van der Waals surface area contributed by atoms with Gasteiger partial charge in [0.15, 0.2) is 0 Å². The van der Waals surface area contributed by atoms with Gasteiger partial charge in [0.2, 0.25) is 5.91 Å². The van der Waals surface area contributed by atoms with E-state index in [-0.39, 0.29) is 36.5 Å². The zero-order valence-electron chi connectivity index (χ0n) is 17.0. The molecule has 2 atom stereocenters. The quantitative estimate of drug-likeness (QED) is 0.672. The summed E-state index contributed by atoms with van der Waals surface area (Å²) >= 11 is 5.93. The predicted octanol–water partition coefficient (Wildman–Crippen LogP) is 3.32. The number of nitrogens with one attached hydrogen (secondary N) is 2. The zero-order chi connectivity index (χ0) is 22.8. The van der Waals surface area contributed by atoms with E-state index in [2.05, 4.69) is 10.6 Å². The van der Waals surface area contributed by atoms with E-state index >= 15 is 0 Å². The highest BCUT2D eigenvalue weighted by Gasteiger charge is 2.42. The van der Waals surface area contributed by atoms with Crippen molar-refractivity contribution in [3.8, 4) is 0 Å². The highest BCUT2D eigenvalue weighted by Crippen LogP contribution is 2.35. The number of hydrogen-bond donors (Lipinski definition) is 2. The fraction of sp³-hybridized carbons (Fsp3) is 0.600. The number of piperidine rings is 1. The molecule has 1 aromatic rings. The third kappa shape index (κ3) is 5.79. The van der Waals surface area contributed by atoms with Crippen molar-refractivity contribution in [2.45, 2.75) is 38.0 Å². The number of carbonyl (C=O) groups is 2. The van der Waals surface area contributed by atoms with Crippen LogP contribution in [0, 0.1) is 11.7 Å². The molecule has 6 nitrogen and oxygen atoms in total. The van der Waals surface area contributed by atoms with Crippen LogP contribution in [-0.2, 0) is 4.79 Å². The Labute approximate surface area is 182 Å². The molecule has 0 radical (unpaired) electrons. The highest BCUT2D eigenvalue weighted by atomic mass is 35.5. The number of amides is 3. The summed E-state index contributed by atoms with van der Waals surface area (Å²) in [5.41, 5.74) is 0.573. The smallest absolute Gasteiger partial charge is 0.353 e. The van der Waals surface area contributed by atoms with Crippen molar-refractivity contribution in [3.63, 3.8) is 0 Å². The normalized spacial score (nSPS) is 20.8. The van der Waals surface area contributed by atoms with Gasteiger partial charge in [0.1, 0.15) is 18.4 Å². The van der Waals surface area contributed by atoms with E-state index in [4.69, 9.17) is 11.6 Å². The molecule has 2 aliphatic rings. The molecule has 0 aliphatic carbocycles. The molecule has 2 fully saturated rings. The van der Waals surface area contributed by atoms with Gasteiger partial charge in [-0.1, -0.05) is 17.7 Å². The lowest BCUT2D eigenvalue weighted by Crippen LogP contribution is -2.54. The third-order valence-electron chi connectivity index (χ3n) is 5.97. The minimum atomic E-state index is -4.31. The summed E-state index contributed by atoms with van der Waals surface area (Å²) in [5.74, 6) is -1.03. The number of hydrogen-bond acceptors (Lipinski definition) is 3. The number of halogens is 5. The van der Waals surface area contributed by atoms with E-state index in [1.165, 1.54) is 28.0 Å². The van der Waals surface area contributed by atoms with Crippen molar-refractivity contribution in [1.29, 1.82) is 0 Å². The molecule has 2 N–H and O–H groups in total. The van der Waals surface area contributed by atoms with Gasteiger partial charge in [-0.3, -0.25) is 9.69 Å². The van der Waals surface area contributed by atoms with Crippen molar-refractivity contribution < 1.29 is 27.2 Å². The molecular formula is C20H25ClF4N4O2. The van der Waals surface area contributed by atoms with Crippen LogP contribution >= 0.6 is 11.6 Å². The Morgan fingerprint density at radius 2 is 1.94 bits per heavy atom. The molecule has 2 saturated heterocycles. The van der Waals surface area contributed by atoms with E-state index in [9.17, 15) is 27.2 Å². The van der Waals surface area contributed by atoms with Gasteiger partial charge in [-0.2, -0.15) is 13.2 Å². The van der Waals surface area contributed by atoms with E-state index in [0.29, 0.717) is 31.5 Å². The van der Waals surface area contributed by atoms with Gasteiger partial charge in [-0.15, -0.1) is 0 Å². The van der Waals surface area contributed by atoms with Crippen LogP contribution < -0.4 is 10.6 Å². The molecule has 3 amide bonds. The second-order valence-electron chi connectivity index (χ2n) is 7.96. The van der Waals surface area contributed by atoms with Gasteiger partial charge in [0, 0.05) is 13.1 Å². The van der Waals surface area contributed by atoms with Crippen molar-refractivity contribution in [2.75, 3.05) is 32.7 Å². The number of alkyl halides is 3. The number of likely N-dealkylation sites (tertiary alicyclic amines) is 1. The van der Waals surface area contributed by atoms with E-state index in [0.717, 1.165) is 6.92 Å². The van der Waals surface area contributed by atoms with Crippen LogP contribution in [0.2, 0.25) is 5.02 Å². The van der Waals surface area contributed by atoms with E-state index < -0.39 is 30.1 Å². The second-order valence-corrected chi connectivity index (χ2v) is 8.37. The number of benzene rings is 1. The van der Waals surface area contributed by atoms with Crippen molar-refractivity contribution in [1.82, 2.24) is 20.4 Å². The fourth-order valence-corrected chi connectivity index (χ4v) is 4.25. The van der Waals surface area contributed by atoms with Gasteiger partial charge in [0.05, 0.1) is 11.1 Å². The molecule has 2 aliphatic heterocycles. The van der Waals surface area contributed by atoms with Crippen LogP contribution in [0.1, 0.15) is 31.4 Å². The van der Waals surface area contributed by atoms with Crippen LogP contribution in [0.25, 0.3) is 0 Å². The molecule has 31 heavy (non-hydrogen) atoms. The first-order valence-electron chi connectivity index (χ1n) is 10.1. The van der Waals surface area contributed by atoms with Crippen LogP contribution in [0.5, 0.6) is 0 Å². The lowest BCUT2D eigenvalue weighted by molar-refractivity contribution is -0.182. The SMILES string of the molecule is C[C@@H](N1CCC([C@@H](NC(=O)N2CCNC(=O)C2)c2ccc(F)c(Cl)c2)CC1)C(F)(F)F. The first-order valence-corrected chi connectivity index (χ1v) is 10.5. The highest BCUT2D eigenvalue weighted by molar-refractivity contribution is 6.30. The molecule has 0 aromatic heterocycles. The molecule has 2 heterocycles. The van der Waals surface area contributed by atoms with Gasteiger partial charge < -0.3 is 15.5 Å². The first-order chi connectivity index (χ1) is 14.6. The minimum Gasteiger partial charge on any atom is -0.353 e. The minimum absolute atomic E-state index is 0.0791. The van der Waals surface area contributed by atoms with Crippen molar-refractivity contribution in [2.24, 2.45) is 5.92 Å². The second kappa shape index (κ2) is 9.60. The number of rotatable bonds is 4. The topological polar surface area (TPSA) is 64.7 Å². The zero-order valence-corrected chi connectivity index (χ0v) is 17.8. The Morgan fingerprint density at radius 1 is 1.26 bits per heavy atom. The fourth-order valence-electron chi connectivity index (χ4n) is 4.06. The largest absolute Gasteiger partial charge is 0.403 e. The Balaban J connectivity index is 1.76. The number of urea groups is 1. The lowest BCUT2D eigenvalue weighted by Gasteiger charge is -2.40. The van der Waals surface area contributed by atoms with Crippen LogP contribution in [-0.4, -0.2) is 66.7 Å². The third-order valence-corrected chi connectivity index (χ3v) is 6.26. The van der Waals surface area contributed by atoms with Gasteiger partial charge in [-0.25, -0.2) is 9.18 Å². The van der Waals surface area contributed by atoms with Crippen LogP contribution in [0.3, 0.4) is 0 Å². The van der Waals surface area contributed by atoms with E-state index in [1.54, 1.807) is 0 Å². The molecule has 172 valence electrons. The summed E-state index contributed by atoms with van der Waals surface area (Å²) in [4.78, 5) is 27.2. The number of nitrogens with zero attached hydrogens (tertiary/aromatic N) is 2. The standard InChI is InChI=1S/C20H25ClF4N4O2/c1-12(20(23,24)25)28-7-4-13(5-8-28)18(14-2-3-16(22)15(21)10-14)27-19(31)29-9-6-26-17(30)11-29/h2-3,10,12-13,18H,4-9,11H2,1H3,(H,26,30)(H,27,31)/t12-,18-/m1/s1. The molecular weight excluding hydrogens is 440 g/mol. The Hall–Kier alpha value is -2.07. The average molecular weight is 465 g/mol. The van der Waals surface area contributed by atoms with Crippen molar-refractivity contribution in [3.05, 3.63) is 34.6 Å². The average Bonchev–Trinajstić information content (AvgIpc) is 2.73. The molecule has 1 aromatic carbocycles. The Bertz CT molecular complexity index is 815. The van der Waals surface area contributed by atoms with Crippen LogP contribution in [0.4, 0.5) is 22.4 Å². The maximum Gasteiger partial charge on any atom is 0.403 e. The summed E-state index contributed by atoms with van der Waals surface area (Å²) < 4.78 is 52.8. The molecule has 0 unspecified atom stereocenters. The lowest BCUT2D eigenvalue weighted by atomic mass is 9.85. The van der Waals surface area contributed by atoms with Gasteiger partial charge in [0.25, 0.3) is 0 Å². The molecule has 0 spiro atoms. The van der Waals surface area contributed by atoms with E-state index in [1.807, 2.05) is 0 Å². The van der Waals surface area contributed by atoms with Crippen LogP contribution in [0.15, 0.2) is 18.2 Å². The summed E-state index contributed by atoms with van der Waals surface area (Å²) in [6, 6.07) is 1.57. The molecule has 3 rings (SSSR count). The number of carbonyl (C=O) groups excluding carboxylic acids is 2. The molecule has 0 bridgehead atoms. The molecule has 0 saturated carbocycles. The summed E-state index contributed by atoms with van der Waals surface area (Å²) in [6.07, 6.45) is -3.47. The summed E-state index contributed by atoms with van der Waals surface area (Å²) in [7, 11) is 0. The van der Waals surface area contributed by atoms with Gasteiger partial charge >= 0.3 is 12.2 Å². The Kier molecular flexibility index (Phi) is 7.31. The summed E-state index contributed by atoms with van der Waals surface area (Å²) in [6.45, 7) is 2.19.